The molecule has 1 radical (unpaired) electrons. The molecule has 2 heteroatoms. The molecule has 0 spiro atoms. The first-order valence-electron chi connectivity index (χ1n) is 2.50. The van der Waals surface area contributed by atoms with Crippen LogP contribution >= 0.6 is 15.9 Å². The highest BCUT2D eigenvalue weighted by Gasteiger charge is 1.88. The summed E-state index contributed by atoms with van der Waals surface area (Å²) in [6.07, 6.45) is 0. The van der Waals surface area contributed by atoms with Crippen LogP contribution in [0, 0.1) is 7.11 Å². The van der Waals surface area contributed by atoms with Crippen molar-refractivity contribution in [2.75, 3.05) is 0 Å². The van der Waals surface area contributed by atoms with Crippen molar-refractivity contribution in [3.63, 3.8) is 0 Å². The van der Waals surface area contributed by atoms with Gasteiger partial charge < -0.3 is 4.74 Å². The van der Waals surface area contributed by atoms with Crippen molar-refractivity contribution >= 4 is 15.9 Å². The van der Waals surface area contributed by atoms with Gasteiger partial charge in [-0.3, -0.25) is 0 Å². The fourth-order valence-corrected chi connectivity index (χ4v) is 0.935. The molecule has 0 unspecified atom stereocenters. The molecule has 47 valence electrons. The van der Waals surface area contributed by atoms with Gasteiger partial charge in [0.25, 0.3) is 0 Å². The van der Waals surface area contributed by atoms with E-state index in [9.17, 15) is 0 Å². The van der Waals surface area contributed by atoms with Crippen LogP contribution in [0.3, 0.4) is 0 Å². The van der Waals surface area contributed by atoms with Crippen LogP contribution in [0.15, 0.2) is 28.7 Å². The maximum atomic E-state index is 4.72. The summed E-state index contributed by atoms with van der Waals surface area (Å²) >= 11 is 3.30. The smallest absolute Gasteiger partial charge is 0.122 e. The monoisotopic (exact) mass is 185 g/mol. The van der Waals surface area contributed by atoms with Crippen molar-refractivity contribution in [3.8, 4) is 5.75 Å². The average molecular weight is 186 g/mol. The Morgan fingerprint density at radius 3 is 2.67 bits per heavy atom. The van der Waals surface area contributed by atoms with Crippen molar-refractivity contribution in [1.82, 2.24) is 0 Å². The van der Waals surface area contributed by atoms with Crippen LogP contribution in [0.5, 0.6) is 5.75 Å². The molecule has 0 aliphatic heterocycles. The van der Waals surface area contributed by atoms with Crippen LogP contribution in [0.4, 0.5) is 0 Å². The minimum absolute atomic E-state index is 0.768. The van der Waals surface area contributed by atoms with Crippen LogP contribution in [0.25, 0.3) is 0 Å². The molecule has 0 heterocycles. The molecule has 0 aliphatic rings. The van der Waals surface area contributed by atoms with E-state index in [0.29, 0.717) is 0 Å². The maximum absolute atomic E-state index is 4.72. The lowest BCUT2D eigenvalue weighted by atomic mass is 10.3. The third-order valence-corrected chi connectivity index (χ3v) is 1.46. The van der Waals surface area contributed by atoms with E-state index in [1.54, 1.807) is 0 Å². The molecule has 0 N–H and O–H groups in total. The van der Waals surface area contributed by atoms with E-state index in [4.69, 9.17) is 4.74 Å². The molecular weight excluding hydrogens is 180 g/mol. The van der Waals surface area contributed by atoms with Crippen LogP contribution < -0.4 is 4.74 Å². The summed E-state index contributed by atoms with van der Waals surface area (Å²) in [5.74, 6) is 0.768. The van der Waals surface area contributed by atoms with E-state index in [-0.39, 0.29) is 0 Å². The third-order valence-electron chi connectivity index (χ3n) is 0.963. The molecule has 1 aromatic carbocycles. The molecule has 0 aliphatic carbocycles. The van der Waals surface area contributed by atoms with Gasteiger partial charge in [0, 0.05) is 4.47 Å². The Kier molecular flexibility index (Phi) is 2.11. The molecule has 1 aromatic rings. The van der Waals surface area contributed by atoms with E-state index in [2.05, 4.69) is 23.0 Å². The molecule has 0 saturated heterocycles. The second-order valence-corrected chi connectivity index (χ2v) is 2.52. The number of hydrogen-bond donors (Lipinski definition) is 0. The van der Waals surface area contributed by atoms with Crippen LogP contribution in [0.1, 0.15) is 0 Å². The number of rotatable bonds is 1. The van der Waals surface area contributed by atoms with Crippen LogP contribution in [-0.4, -0.2) is 0 Å². The highest BCUT2D eigenvalue weighted by Crippen LogP contribution is 2.16. The fraction of sp³-hybridized carbons (Fsp3) is 0. The van der Waals surface area contributed by atoms with Gasteiger partial charge in [-0.15, -0.1) is 0 Å². The van der Waals surface area contributed by atoms with Crippen molar-refractivity contribution in [2.45, 2.75) is 0 Å². The summed E-state index contributed by atoms with van der Waals surface area (Å²) in [5, 5.41) is 0. The van der Waals surface area contributed by atoms with Gasteiger partial charge in [0.15, 0.2) is 0 Å². The zero-order chi connectivity index (χ0) is 6.69. The molecule has 0 fully saturated rings. The largest absolute Gasteiger partial charge is 0.490 e. The standard InChI is InChI=1S/C7H6BrO/c1-9-7-4-2-3-6(8)5-7/h2-5H,1H2. The Morgan fingerprint density at radius 2 is 2.22 bits per heavy atom. The van der Waals surface area contributed by atoms with Gasteiger partial charge in [0.05, 0.1) is 0 Å². The zero-order valence-electron chi connectivity index (χ0n) is 4.80. The number of halogens is 1. The lowest BCUT2D eigenvalue weighted by Crippen LogP contribution is -1.76. The van der Waals surface area contributed by atoms with E-state index >= 15 is 0 Å². The van der Waals surface area contributed by atoms with Crippen LogP contribution in [-0.2, 0) is 0 Å². The minimum Gasteiger partial charge on any atom is -0.490 e. The van der Waals surface area contributed by atoms with Crippen molar-refractivity contribution in [3.05, 3.63) is 35.8 Å². The Hall–Kier alpha value is -0.500. The summed E-state index contributed by atoms with van der Waals surface area (Å²) in [7, 11) is 3.28. The molecule has 0 bridgehead atoms. The highest BCUT2D eigenvalue weighted by atomic mass is 79.9. The molecule has 0 amide bonds. The number of hydrogen-bond acceptors (Lipinski definition) is 1. The summed E-state index contributed by atoms with van der Waals surface area (Å²) in [5.41, 5.74) is 0. The van der Waals surface area contributed by atoms with Crippen molar-refractivity contribution in [1.29, 1.82) is 0 Å². The van der Waals surface area contributed by atoms with Gasteiger partial charge >= 0.3 is 0 Å². The van der Waals surface area contributed by atoms with Gasteiger partial charge in [-0.2, -0.15) is 0 Å². The molecule has 1 nitrogen and oxygen atoms in total. The average Bonchev–Trinajstić information content (AvgIpc) is 1.88. The predicted molar refractivity (Wildman–Crippen MR) is 40.1 cm³/mol. The first-order chi connectivity index (χ1) is 4.33. The first-order valence-corrected chi connectivity index (χ1v) is 3.30. The normalized spacial score (nSPS) is 9.11. The third kappa shape index (κ3) is 1.72. The van der Waals surface area contributed by atoms with Gasteiger partial charge in [0.2, 0.25) is 0 Å². The van der Waals surface area contributed by atoms with Crippen molar-refractivity contribution in [2.24, 2.45) is 0 Å². The highest BCUT2D eigenvalue weighted by molar-refractivity contribution is 9.10. The topological polar surface area (TPSA) is 9.23 Å². The molecule has 0 atom stereocenters. The van der Waals surface area contributed by atoms with Gasteiger partial charge in [-0.25, -0.2) is 0 Å². The van der Waals surface area contributed by atoms with Gasteiger partial charge in [-0.05, 0) is 18.2 Å². The second-order valence-electron chi connectivity index (χ2n) is 1.60. The lowest BCUT2D eigenvalue weighted by Gasteiger charge is -1.96. The molecule has 0 aromatic heterocycles. The van der Waals surface area contributed by atoms with Gasteiger partial charge in [0.1, 0.15) is 12.9 Å². The van der Waals surface area contributed by atoms with Crippen LogP contribution in [0.2, 0.25) is 0 Å². The summed E-state index contributed by atoms with van der Waals surface area (Å²) in [6, 6.07) is 7.53. The summed E-state index contributed by atoms with van der Waals surface area (Å²) < 4.78 is 5.72. The summed E-state index contributed by atoms with van der Waals surface area (Å²) in [4.78, 5) is 0. The Labute approximate surface area is 62.8 Å². The van der Waals surface area contributed by atoms with E-state index in [0.717, 1.165) is 10.2 Å². The number of ether oxygens (including phenoxy) is 1. The first kappa shape index (κ1) is 6.62. The molecule has 9 heavy (non-hydrogen) atoms. The minimum atomic E-state index is 0.768. The zero-order valence-corrected chi connectivity index (χ0v) is 6.39. The number of benzene rings is 1. The Morgan fingerprint density at radius 1 is 1.44 bits per heavy atom. The second kappa shape index (κ2) is 2.87. The summed E-state index contributed by atoms with van der Waals surface area (Å²) in [6.45, 7) is 0. The van der Waals surface area contributed by atoms with E-state index in [1.165, 1.54) is 0 Å². The molecular formula is C7H6BrO. The molecule has 1 rings (SSSR count). The maximum Gasteiger partial charge on any atom is 0.122 e. The van der Waals surface area contributed by atoms with E-state index < -0.39 is 0 Å². The van der Waals surface area contributed by atoms with E-state index in [1.807, 2.05) is 24.3 Å². The Balaban J connectivity index is 2.94. The quantitative estimate of drug-likeness (QED) is 0.654. The van der Waals surface area contributed by atoms with Gasteiger partial charge in [-0.1, -0.05) is 22.0 Å². The SMILES string of the molecule is [CH2]Oc1cccc(Br)c1. The fourth-order valence-electron chi connectivity index (χ4n) is 0.557. The van der Waals surface area contributed by atoms with Crippen molar-refractivity contribution < 1.29 is 4.74 Å². The molecule has 0 saturated carbocycles. The predicted octanol–water partition coefficient (Wildman–Crippen LogP) is 2.62. The Bertz CT molecular complexity index is 198. The lowest BCUT2D eigenvalue weighted by molar-refractivity contribution is 0.472.